The summed E-state index contributed by atoms with van der Waals surface area (Å²) in [5.41, 5.74) is 5.84. The van der Waals surface area contributed by atoms with Crippen molar-refractivity contribution in [2.75, 3.05) is 65.4 Å². The third-order valence-corrected chi connectivity index (χ3v) is 14.0. The molecule has 0 aliphatic rings. The Morgan fingerprint density at radius 3 is 1.12 bits per heavy atom. The minimum atomic E-state index is -0.463. The molecule has 0 aliphatic carbocycles. The Morgan fingerprint density at radius 2 is 0.746 bits per heavy atom. The minimum absolute atomic E-state index is 0.107. The summed E-state index contributed by atoms with van der Waals surface area (Å²) in [6.07, 6.45) is 57.0. The van der Waals surface area contributed by atoms with Crippen LogP contribution in [-0.2, 0) is 4.79 Å². The van der Waals surface area contributed by atoms with Crippen LogP contribution in [0.1, 0.15) is 284 Å². The quantitative estimate of drug-likeness (QED) is 0.0305. The molecule has 0 fully saturated rings. The van der Waals surface area contributed by atoms with Gasteiger partial charge in [0, 0.05) is 45.7 Å². The number of rotatable bonds is 57. The Bertz CT molecular complexity index is 985. The summed E-state index contributed by atoms with van der Waals surface area (Å²) in [6.45, 7) is 14.4. The van der Waals surface area contributed by atoms with Crippen molar-refractivity contribution in [3.63, 3.8) is 0 Å². The van der Waals surface area contributed by atoms with E-state index >= 15 is 0 Å². The van der Waals surface area contributed by atoms with E-state index in [4.69, 9.17) is 5.73 Å². The number of carbonyl (C=O) groups is 1. The zero-order valence-corrected chi connectivity index (χ0v) is 45.6. The van der Waals surface area contributed by atoms with E-state index in [1.807, 2.05) is 0 Å². The molecule has 0 spiro atoms. The molecule has 0 saturated heterocycles. The van der Waals surface area contributed by atoms with Crippen molar-refractivity contribution in [3.8, 4) is 0 Å². The van der Waals surface area contributed by atoms with Crippen LogP contribution in [0.2, 0.25) is 0 Å². The standard InChI is InChI=1S/C59H121N5O3/c1-4-7-10-13-16-19-22-25-26-27-28-29-32-35-38-41-47-62-59(67)46-48-61-54-58(66)56-64(50-43-40-37-34-31-24-21-18-15-12-9-6-3)52-45-44-51-63(55-57(65)53-60)49-42-39-36-33-30-23-20-17-14-11-8-5-2/h25-26,57-58,61,65-66H,4-24,27-56,60H2,1-3H3,(H,62,67)/b26-25+. The van der Waals surface area contributed by atoms with Crippen LogP contribution >= 0.6 is 0 Å². The zero-order valence-electron chi connectivity index (χ0n) is 45.6. The second-order valence-electron chi connectivity index (χ2n) is 20.9. The lowest BCUT2D eigenvalue weighted by Crippen LogP contribution is -2.40. The van der Waals surface area contributed by atoms with Crippen LogP contribution in [0.25, 0.3) is 0 Å². The number of hydrogen-bond donors (Lipinski definition) is 5. The average molecular weight is 949 g/mol. The number of unbranched alkanes of at least 4 members (excludes halogenated alkanes) is 35. The van der Waals surface area contributed by atoms with Crippen molar-refractivity contribution in [1.82, 2.24) is 20.4 Å². The van der Waals surface area contributed by atoms with Crippen molar-refractivity contribution in [2.24, 2.45) is 5.73 Å². The fourth-order valence-electron chi connectivity index (χ4n) is 9.51. The zero-order chi connectivity index (χ0) is 48.8. The molecule has 0 aromatic heterocycles. The van der Waals surface area contributed by atoms with Gasteiger partial charge in [-0.2, -0.15) is 0 Å². The first-order valence-electron chi connectivity index (χ1n) is 30.1. The molecule has 0 heterocycles. The number of allylic oxidation sites excluding steroid dienone is 2. The van der Waals surface area contributed by atoms with E-state index in [9.17, 15) is 15.0 Å². The SMILES string of the molecule is CCCCCCCC/C=C/CCCCCCCCNC(=O)CCNCC(O)CN(CCCCCCCCCCCCCC)CCCCN(CCCCCCCCCCCCCC)CC(O)CN. The maximum Gasteiger partial charge on any atom is 0.221 e. The van der Waals surface area contributed by atoms with Gasteiger partial charge < -0.3 is 36.4 Å². The smallest absolute Gasteiger partial charge is 0.221 e. The molecule has 1 amide bonds. The molecule has 67 heavy (non-hydrogen) atoms. The summed E-state index contributed by atoms with van der Waals surface area (Å²) in [5, 5.41) is 28.0. The Balaban J connectivity index is 4.47. The summed E-state index contributed by atoms with van der Waals surface area (Å²) in [7, 11) is 0. The highest BCUT2D eigenvalue weighted by Crippen LogP contribution is 2.15. The third-order valence-electron chi connectivity index (χ3n) is 14.0. The lowest BCUT2D eigenvalue weighted by Gasteiger charge is -2.27. The van der Waals surface area contributed by atoms with Gasteiger partial charge >= 0.3 is 0 Å². The van der Waals surface area contributed by atoms with Crippen LogP contribution < -0.4 is 16.4 Å². The number of nitrogens with one attached hydrogen (secondary N) is 2. The van der Waals surface area contributed by atoms with Gasteiger partial charge in [0.15, 0.2) is 0 Å². The maximum absolute atomic E-state index is 12.5. The Hall–Kier alpha value is -1.03. The Morgan fingerprint density at radius 1 is 0.433 bits per heavy atom. The van der Waals surface area contributed by atoms with Crippen molar-refractivity contribution < 1.29 is 15.0 Å². The van der Waals surface area contributed by atoms with E-state index in [1.165, 1.54) is 238 Å². The van der Waals surface area contributed by atoms with E-state index < -0.39 is 12.2 Å². The van der Waals surface area contributed by atoms with Crippen LogP contribution in [-0.4, -0.2) is 104 Å². The van der Waals surface area contributed by atoms with Gasteiger partial charge in [0.2, 0.25) is 5.91 Å². The highest BCUT2D eigenvalue weighted by Gasteiger charge is 2.14. The number of hydrogen-bond acceptors (Lipinski definition) is 7. The summed E-state index contributed by atoms with van der Waals surface area (Å²) in [4.78, 5) is 17.4. The van der Waals surface area contributed by atoms with Gasteiger partial charge in [0.1, 0.15) is 0 Å². The molecule has 0 radical (unpaired) electrons. The van der Waals surface area contributed by atoms with Crippen LogP contribution in [0.4, 0.5) is 0 Å². The lowest BCUT2D eigenvalue weighted by molar-refractivity contribution is -0.121. The molecular weight excluding hydrogens is 827 g/mol. The maximum atomic E-state index is 12.5. The molecule has 0 bridgehead atoms. The summed E-state index contributed by atoms with van der Waals surface area (Å²) < 4.78 is 0. The Kier molecular flexibility index (Phi) is 55.0. The third kappa shape index (κ3) is 52.6. The largest absolute Gasteiger partial charge is 0.390 e. The first kappa shape index (κ1) is 66.0. The van der Waals surface area contributed by atoms with Gasteiger partial charge in [-0.1, -0.05) is 232 Å². The topological polar surface area (TPSA) is 114 Å². The van der Waals surface area contributed by atoms with Crippen LogP contribution in [0.5, 0.6) is 0 Å². The van der Waals surface area contributed by atoms with E-state index in [-0.39, 0.29) is 5.91 Å². The van der Waals surface area contributed by atoms with Crippen LogP contribution in [0, 0.1) is 0 Å². The summed E-state index contributed by atoms with van der Waals surface area (Å²) >= 11 is 0. The highest BCUT2D eigenvalue weighted by molar-refractivity contribution is 5.75. The predicted molar refractivity (Wildman–Crippen MR) is 295 cm³/mol. The summed E-state index contributed by atoms with van der Waals surface area (Å²) in [5.74, 6) is 0.107. The van der Waals surface area contributed by atoms with Crippen molar-refractivity contribution in [2.45, 2.75) is 296 Å². The van der Waals surface area contributed by atoms with E-state index in [0.29, 0.717) is 39.1 Å². The van der Waals surface area contributed by atoms with Crippen LogP contribution in [0.3, 0.4) is 0 Å². The fraction of sp³-hybridized carbons (Fsp3) is 0.949. The second kappa shape index (κ2) is 55.9. The fourth-order valence-corrected chi connectivity index (χ4v) is 9.51. The average Bonchev–Trinajstić information content (AvgIpc) is 3.33. The number of aliphatic hydroxyl groups excluding tert-OH is 2. The molecule has 0 aromatic rings. The molecular formula is C59H121N5O3. The van der Waals surface area contributed by atoms with Crippen LogP contribution in [0.15, 0.2) is 12.2 Å². The molecule has 6 N–H and O–H groups in total. The molecule has 0 aliphatic heterocycles. The van der Waals surface area contributed by atoms with Gasteiger partial charge in [-0.3, -0.25) is 4.79 Å². The molecule has 400 valence electrons. The van der Waals surface area contributed by atoms with Gasteiger partial charge in [-0.15, -0.1) is 0 Å². The van der Waals surface area contributed by atoms with Gasteiger partial charge in [0.05, 0.1) is 12.2 Å². The molecule has 8 heteroatoms. The number of aliphatic hydroxyl groups is 2. The van der Waals surface area contributed by atoms with Gasteiger partial charge in [-0.05, 0) is 84.0 Å². The molecule has 2 atom stereocenters. The first-order chi connectivity index (χ1) is 33.0. The number of nitrogens with two attached hydrogens (primary N) is 1. The number of nitrogens with zero attached hydrogens (tertiary/aromatic N) is 2. The number of amides is 1. The highest BCUT2D eigenvalue weighted by atomic mass is 16.3. The van der Waals surface area contributed by atoms with E-state index in [0.717, 1.165) is 52.0 Å². The molecule has 0 aromatic carbocycles. The monoisotopic (exact) mass is 948 g/mol. The van der Waals surface area contributed by atoms with Crippen molar-refractivity contribution in [1.29, 1.82) is 0 Å². The van der Waals surface area contributed by atoms with E-state index in [2.05, 4.69) is 53.4 Å². The second-order valence-corrected chi connectivity index (χ2v) is 20.9. The molecule has 8 nitrogen and oxygen atoms in total. The van der Waals surface area contributed by atoms with Crippen molar-refractivity contribution >= 4 is 5.91 Å². The summed E-state index contributed by atoms with van der Waals surface area (Å²) in [6, 6.07) is 0. The molecule has 2 unspecified atom stereocenters. The van der Waals surface area contributed by atoms with Gasteiger partial charge in [0.25, 0.3) is 0 Å². The number of carbonyl (C=O) groups excluding carboxylic acids is 1. The first-order valence-corrected chi connectivity index (χ1v) is 30.1. The minimum Gasteiger partial charge on any atom is -0.390 e. The molecule has 0 saturated carbocycles. The van der Waals surface area contributed by atoms with Crippen molar-refractivity contribution in [3.05, 3.63) is 12.2 Å². The Labute approximate surface area is 419 Å². The van der Waals surface area contributed by atoms with Gasteiger partial charge in [-0.25, -0.2) is 0 Å². The predicted octanol–water partition coefficient (Wildman–Crippen LogP) is 14.6. The lowest BCUT2D eigenvalue weighted by atomic mass is 10.1. The normalized spacial score (nSPS) is 12.9. The van der Waals surface area contributed by atoms with E-state index in [1.54, 1.807) is 0 Å². The molecule has 0 rings (SSSR count).